The second-order valence-corrected chi connectivity index (χ2v) is 5.30. The number of fused-ring (bicyclic) bond motifs is 1. The minimum atomic E-state index is 0.758. The molecule has 0 unspecified atom stereocenters. The number of nitrogens with one attached hydrogen (secondary N) is 1. The minimum absolute atomic E-state index is 0.758. The predicted octanol–water partition coefficient (Wildman–Crippen LogP) is 3.68. The zero-order chi connectivity index (χ0) is 13.0. The number of benzene rings is 1. The molecule has 0 bridgehead atoms. The van der Waals surface area contributed by atoms with Crippen LogP contribution in [0, 0.1) is 12.8 Å². The molecule has 1 aromatic heterocycles. The van der Waals surface area contributed by atoms with Gasteiger partial charge in [0.05, 0.1) is 5.52 Å². The van der Waals surface area contributed by atoms with E-state index in [4.69, 9.17) is 0 Å². The number of hydrogen-bond donors (Lipinski definition) is 1. The summed E-state index contributed by atoms with van der Waals surface area (Å²) in [4.78, 5) is 4.56. The second-order valence-electron chi connectivity index (χ2n) is 5.30. The first kappa shape index (κ1) is 13.0. The van der Waals surface area contributed by atoms with E-state index in [0.29, 0.717) is 0 Å². The Bertz CT molecular complexity index is 517. The Morgan fingerprint density at radius 1 is 1.22 bits per heavy atom. The van der Waals surface area contributed by atoms with Crippen molar-refractivity contribution < 1.29 is 0 Å². The lowest BCUT2D eigenvalue weighted by molar-refractivity contribution is 0.538. The third-order valence-electron chi connectivity index (χ3n) is 3.14. The Labute approximate surface area is 109 Å². The maximum absolute atomic E-state index is 4.56. The largest absolute Gasteiger partial charge is 0.313 e. The molecule has 0 radical (unpaired) electrons. The molecule has 2 aromatic rings. The first-order chi connectivity index (χ1) is 8.66. The zero-order valence-corrected chi connectivity index (χ0v) is 11.5. The highest BCUT2D eigenvalue weighted by Crippen LogP contribution is 2.17. The minimum Gasteiger partial charge on any atom is -0.313 e. The van der Waals surface area contributed by atoms with Crippen LogP contribution in [0.3, 0.4) is 0 Å². The topological polar surface area (TPSA) is 24.9 Å². The summed E-state index contributed by atoms with van der Waals surface area (Å²) in [5.41, 5.74) is 3.54. The number of aryl methyl sites for hydroxylation is 1. The highest BCUT2D eigenvalue weighted by Gasteiger charge is 2.03. The summed E-state index contributed by atoms with van der Waals surface area (Å²) in [5.74, 6) is 0.758. The average Bonchev–Trinajstić information content (AvgIpc) is 2.34. The maximum Gasteiger partial charge on any atom is 0.0708 e. The van der Waals surface area contributed by atoms with Crippen LogP contribution < -0.4 is 5.32 Å². The predicted molar refractivity (Wildman–Crippen MR) is 77.6 cm³/mol. The monoisotopic (exact) mass is 242 g/mol. The van der Waals surface area contributed by atoms with Crippen LogP contribution in [0.2, 0.25) is 0 Å². The molecular weight excluding hydrogens is 220 g/mol. The normalized spacial score (nSPS) is 11.3. The molecule has 0 aliphatic heterocycles. The molecule has 0 atom stereocenters. The zero-order valence-electron chi connectivity index (χ0n) is 11.5. The van der Waals surface area contributed by atoms with E-state index >= 15 is 0 Å². The fourth-order valence-electron chi connectivity index (χ4n) is 2.15. The van der Waals surface area contributed by atoms with Crippen LogP contribution in [0.25, 0.3) is 10.9 Å². The van der Waals surface area contributed by atoms with E-state index < -0.39 is 0 Å². The van der Waals surface area contributed by atoms with Gasteiger partial charge < -0.3 is 5.32 Å². The van der Waals surface area contributed by atoms with E-state index in [1.165, 1.54) is 17.4 Å². The first-order valence-corrected chi connectivity index (χ1v) is 6.73. The van der Waals surface area contributed by atoms with Crippen molar-refractivity contribution in [1.82, 2.24) is 10.3 Å². The lowest BCUT2D eigenvalue weighted by Crippen LogP contribution is -2.16. The molecule has 0 spiro atoms. The molecule has 0 aliphatic carbocycles. The Morgan fingerprint density at radius 3 is 2.78 bits per heavy atom. The number of aromatic nitrogens is 1. The Kier molecular flexibility index (Phi) is 4.32. The molecule has 1 N–H and O–H groups in total. The molecule has 0 saturated heterocycles. The molecule has 2 nitrogen and oxygen atoms in total. The fraction of sp³-hybridized carbons (Fsp3) is 0.438. The number of rotatable bonds is 5. The van der Waals surface area contributed by atoms with Crippen LogP contribution in [0.4, 0.5) is 0 Å². The van der Waals surface area contributed by atoms with Gasteiger partial charge in [0.2, 0.25) is 0 Å². The number of nitrogens with zero attached hydrogens (tertiary/aromatic N) is 1. The van der Waals surface area contributed by atoms with Crippen molar-refractivity contribution in [3.63, 3.8) is 0 Å². The van der Waals surface area contributed by atoms with Crippen molar-refractivity contribution in [2.75, 3.05) is 6.54 Å². The van der Waals surface area contributed by atoms with Crippen LogP contribution in [-0.4, -0.2) is 11.5 Å². The first-order valence-electron chi connectivity index (χ1n) is 6.73. The van der Waals surface area contributed by atoms with Gasteiger partial charge in [-0.2, -0.15) is 0 Å². The van der Waals surface area contributed by atoms with Gasteiger partial charge in [0.15, 0.2) is 0 Å². The lowest BCUT2D eigenvalue weighted by Gasteiger charge is -2.10. The van der Waals surface area contributed by atoms with Crippen LogP contribution in [0.15, 0.2) is 30.3 Å². The van der Waals surface area contributed by atoms with Gasteiger partial charge in [0, 0.05) is 17.6 Å². The molecule has 0 saturated carbocycles. The molecule has 0 amide bonds. The van der Waals surface area contributed by atoms with Crippen molar-refractivity contribution in [3.8, 4) is 0 Å². The highest BCUT2D eigenvalue weighted by atomic mass is 14.8. The summed E-state index contributed by atoms with van der Waals surface area (Å²) in [6, 6.07) is 10.5. The third-order valence-corrected chi connectivity index (χ3v) is 3.14. The molecular formula is C16H22N2. The standard InChI is InChI=1S/C16H22N2/c1-12(2)8-9-17-11-14-10-13(3)18-16-7-5-4-6-15(14)16/h4-7,10,12,17H,8-9,11H2,1-3H3. The van der Waals surface area contributed by atoms with Crippen molar-refractivity contribution in [1.29, 1.82) is 0 Å². The van der Waals surface area contributed by atoms with Crippen molar-refractivity contribution >= 4 is 10.9 Å². The van der Waals surface area contributed by atoms with Crippen LogP contribution in [0.1, 0.15) is 31.5 Å². The molecule has 1 heterocycles. The van der Waals surface area contributed by atoms with E-state index in [-0.39, 0.29) is 0 Å². The quantitative estimate of drug-likeness (QED) is 0.809. The third kappa shape index (κ3) is 3.30. The number of hydrogen-bond acceptors (Lipinski definition) is 2. The molecule has 18 heavy (non-hydrogen) atoms. The van der Waals surface area contributed by atoms with Gasteiger partial charge >= 0.3 is 0 Å². The maximum atomic E-state index is 4.56. The molecule has 2 heteroatoms. The summed E-state index contributed by atoms with van der Waals surface area (Å²) < 4.78 is 0. The number of para-hydroxylation sites is 1. The molecule has 1 aromatic carbocycles. The van der Waals surface area contributed by atoms with Gasteiger partial charge in [-0.1, -0.05) is 32.0 Å². The summed E-state index contributed by atoms with van der Waals surface area (Å²) >= 11 is 0. The number of pyridine rings is 1. The van der Waals surface area contributed by atoms with Crippen molar-refractivity contribution in [2.24, 2.45) is 5.92 Å². The smallest absolute Gasteiger partial charge is 0.0708 e. The molecule has 2 rings (SSSR count). The van der Waals surface area contributed by atoms with Crippen LogP contribution in [-0.2, 0) is 6.54 Å². The summed E-state index contributed by atoms with van der Waals surface area (Å²) in [5, 5.41) is 4.79. The van der Waals surface area contributed by atoms with Gasteiger partial charge in [0.25, 0.3) is 0 Å². The van der Waals surface area contributed by atoms with E-state index in [9.17, 15) is 0 Å². The van der Waals surface area contributed by atoms with Gasteiger partial charge in [-0.3, -0.25) is 4.98 Å². The lowest BCUT2D eigenvalue weighted by atomic mass is 10.1. The Morgan fingerprint density at radius 2 is 2.00 bits per heavy atom. The SMILES string of the molecule is Cc1cc(CNCCC(C)C)c2ccccc2n1. The van der Waals surface area contributed by atoms with Gasteiger partial charge in [-0.15, -0.1) is 0 Å². The van der Waals surface area contributed by atoms with E-state index in [1.54, 1.807) is 0 Å². The Hall–Kier alpha value is -1.41. The summed E-state index contributed by atoms with van der Waals surface area (Å²) in [6.45, 7) is 8.58. The van der Waals surface area contributed by atoms with Crippen LogP contribution in [0.5, 0.6) is 0 Å². The summed E-state index contributed by atoms with van der Waals surface area (Å²) in [7, 11) is 0. The van der Waals surface area contributed by atoms with Gasteiger partial charge in [-0.25, -0.2) is 0 Å². The molecule has 0 aliphatic rings. The van der Waals surface area contributed by atoms with Crippen LogP contribution >= 0.6 is 0 Å². The van der Waals surface area contributed by atoms with E-state index in [0.717, 1.165) is 30.2 Å². The highest BCUT2D eigenvalue weighted by molar-refractivity contribution is 5.82. The van der Waals surface area contributed by atoms with Crippen molar-refractivity contribution in [2.45, 2.75) is 33.7 Å². The second kappa shape index (κ2) is 5.96. The molecule has 0 fully saturated rings. The van der Waals surface area contributed by atoms with E-state index in [1.807, 2.05) is 6.07 Å². The average molecular weight is 242 g/mol. The van der Waals surface area contributed by atoms with E-state index in [2.05, 4.69) is 55.3 Å². The van der Waals surface area contributed by atoms with Gasteiger partial charge in [-0.05, 0) is 43.5 Å². The van der Waals surface area contributed by atoms with Gasteiger partial charge in [0.1, 0.15) is 0 Å². The Balaban J connectivity index is 2.12. The summed E-state index contributed by atoms with van der Waals surface area (Å²) in [6.07, 6.45) is 1.22. The fourth-order valence-corrected chi connectivity index (χ4v) is 2.15. The molecule has 96 valence electrons. The van der Waals surface area contributed by atoms with Crippen molar-refractivity contribution in [3.05, 3.63) is 41.6 Å².